The van der Waals surface area contributed by atoms with Crippen LogP contribution in [-0.4, -0.2) is 31.0 Å². The number of primary amides is 1. The van der Waals surface area contributed by atoms with Gasteiger partial charge in [0.15, 0.2) is 5.11 Å². The second-order valence-corrected chi connectivity index (χ2v) is 5.05. The number of nitrogens with one attached hydrogen (secondary N) is 1. The van der Waals surface area contributed by atoms with Crippen molar-refractivity contribution in [2.24, 2.45) is 16.6 Å². The highest BCUT2D eigenvalue weighted by Gasteiger charge is 2.36. The lowest BCUT2D eigenvalue weighted by Crippen LogP contribution is -2.46. The van der Waals surface area contributed by atoms with Crippen LogP contribution in [-0.2, 0) is 4.79 Å². The summed E-state index contributed by atoms with van der Waals surface area (Å²) in [5.41, 5.74) is 6.85. The molecule has 1 aromatic rings. The summed E-state index contributed by atoms with van der Waals surface area (Å²) in [5.74, 6) is 0.206. The van der Waals surface area contributed by atoms with Gasteiger partial charge in [-0.1, -0.05) is 0 Å². The number of aliphatic imine (C=N–C) groups is 1. The number of hydrogen-bond acceptors (Lipinski definition) is 4. The topological polar surface area (TPSA) is 85.9 Å². The second kappa shape index (κ2) is 6.09. The van der Waals surface area contributed by atoms with Crippen LogP contribution >= 0.6 is 12.2 Å². The first-order valence-corrected chi connectivity index (χ1v) is 6.75. The van der Waals surface area contributed by atoms with E-state index in [9.17, 15) is 4.79 Å². The molecule has 0 aromatic heterocycles. The number of hydrogen-bond donors (Lipinski definition) is 2. The summed E-state index contributed by atoms with van der Waals surface area (Å²) >= 11 is 5.12. The first kappa shape index (κ1) is 15.2. The summed E-state index contributed by atoms with van der Waals surface area (Å²) in [6, 6.07) is 4.92. The van der Waals surface area contributed by atoms with Crippen LogP contribution in [0.4, 0.5) is 0 Å². The summed E-state index contributed by atoms with van der Waals surface area (Å²) in [6.07, 6.45) is 0. The van der Waals surface area contributed by atoms with Gasteiger partial charge in [-0.25, -0.2) is 4.99 Å². The Morgan fingerprint density at radius 2 is 2.10 bits per heavy atom. The van der Waals surface area contributed by atoms with Gasteiger partial charge in [0.25, 0.3) is 0 Å². The summed E-state index contributed by atoms with van der Waals surface area (Å²) in [5, 5.41) is 3.35. The molecule has 2 unspecified atom stereocenters. The maximum Gasteiger partial charge on any atom is 0.228 e. The van der Waals surface area contributed by atoms with Crippen molar-refractivity contribution in [2.45, 2.75) is 13.0 Å². The predicted molar refractivity (Wildman–Crippen MR) is 83.8 cm³/mol. The Morgan fingerprint density at radius 3 is 2.67 bits per heavy atom. The molecule has 1 amide bonds. The minimum Gasteiger partial charge on any atom is -0.497 e. The number of thiocarbonyl (C=S) groups is 1. The van der Waals surface area contributed by atoms with E-state index < -0.39 is 17.9 Å². The molecule has 0 radical (unpaired) electrons. The molecule has 7 heteroatoms. The molecule has 1 aromatic carbocycles. The monoisotopic (exact) mass is 307 g/mol. The van der Waals surface area contributed by atoms with Gasteiger partial charge in [0.2, 0.25) is 5.91 Å². The summed E-state index contributed by atoms with van der Waals surface area (Å²) in [6.45, 7) is 1.74. The lowest BCUT2D eigenvalue weighted by Gasteiger charge is -2.31. The van der Waals surface area contributed by atoms with Gasteiger partial charge in [-0.15, -0.1) is 0 Å². The Bertz CT molecular complexity index is 615. The van der Waals surface area contributed by atoms with Crippen LogP contribution in [0.15, 0.2) is 23.2 Å². The molecule has 3 N–H and O–H groups in total. The van der Waals surface area contributed by atoms with Crippen LogP contribution in [0.1, 0.15) is 18.5 Å². The van der Waals surface area contributed by atoms with E-state index in [0.29, 0.717) is 22.3 Å². The zero-order chi connectivity index (χ0) is 15.6. The van der Waals surface area contributed by atoms with Gasteiger partial charge in [0, 0.05) is 11.3 Å². The van der Waals surface area contributed by atoms with E-state index in [2.05, 4.69) is 10.3 Å². The van der Waals surface area contributed by atoms with Gasteiger partial charge in [-0.2, -0.15) is 0 Å². The average molecular weight is 307 g/mol. The quantitative estimate of drug-likeness (QED) is 0.816. The standard InChI is InChI=1S/C14H17N3O3S/c1-7-11(13(15)18)12(17-14(21)16-7)9-6-8(19-2)4-5-10(9)20-3/h4-6,11-12H,1-3H3,(H2,15,18)(H,17,21). The van der Waals surface area contributed by atoms with Crippen LogP contribution in [0.25, 0.3) is 0 Å². The molecule has 0 bridgehead atoms. The molecule has 2 atom stereocenters. The summed E-state index contributed by atoms with van der Waals surface area (Å²) < 4.78 is 10.6. The molecule has 0 saturated carbocycles. The summed E-state index contributed by atoms with van der Waals surface area (Å²) in [4.78, 5) is 15.9. The zero-order valence-electron chi connectivity index (χ0n) is 12.0. The first-order chi connectivity index (χ1) is 9.97. The van der Waals surface area contributed by atoms with Gasteiger partial charge in [-0.05, 0) is 37.3 Å². The van der Waals surface area contributed by atoms with Crippen LogP contribution in [0, 0.1) is 5.92 Å². The highest BCUT2D eigenvalue weighted by molar-refractivity contribution is 7.80. The second-order valence-electron chi connectivity index (χ2n) is 4.67. The Hall–Kier alpha value is -2.15. The lowest BCUT2D eigenvalue weighted by atomic mass is 9.87. The Morgan fingerprint density at radius 1 is 1.38 bits per heavy atom. The number of benzene rings is 1. The Kier molecular flexibility index (Phi) is 4.42. The number of nitrogens with two attached hydrogens (primary N) is 1. The van der Waals surface area contributed by atoms with Gasteiger partial charge in [0.05, 0.1) is 20.3 Å². The van der Waals surface area contributed by atoms with E-state index in [-0.39, 0.29) is 0 Å². The van der Waals surface area contributed by atoms with E-state index in [1.54, 1.807) is 39.3 Å². The van der Waals surface area contributed by atoms with Crippen molar-refractivity contribution in [1.29, 1.82) is 0 Å². The number of methoxy groups -OCH3 is 2. The number of rotatable bonds is 4. The molecule has 0 spiro atoms. The molecule has 2 rings (SSSR count). The normalized spacial score (nSPS) is 21.3. The molecule has 6 nitrogen and oxygen atoms in total. The maximum absolute atomic E-state index is 11.8. The summed E-state index contributed by atoms with van der Waals surface area (Å²) in [7, 11) is 3.13. The molecule has 112 valence electrons. The fourth-order valence-corrected chi connectivity index (χ4v) is 2.70. The van der Waals surface area contributed by atoms with Crippen LogP contribution in [0.3, 0.4) is 0 Å². The van der Waals surface area contributed by atoms with Crippen molar-refractivity contribution in [1.82, 2.24) is 5.32 Å². The van der Waals surface area contributed by atoms with Crippen molar-refractivity contribution < 1.29 is 14.3 Å². The number of nitrogens with zero attached hydrogens (tertiary/aromatic N) is 1. The van der Waals surface area contributed by atoms with Gasteiger partial charge < -0.3 is 20.5 Å². The van der Waals surface area contributed by atoms with Gasteiger partial charge >= 0.3 is 0 Å². The predicted octanol–water partition coefficient (Wildman–Crippen LogP) is 1.20. The van der Waals surface area contributed by atoms with E-state index in [0.717, 1.165) is 5.56 Å². The molecule has 1 heterocycles. The molecule has 21 heavy (non-hydrogen) atoms. The van der Waals surface area contributed by atoms with E-state index >= 15 is 0 Å². The van der Waals surface area contributed by atoms with Crippen molar-refractivity contribution in [3.8, 4) is 11.5 Å². The molecule has 1 aliphatic heterocycles. The van der Waals surface area contributed by atoms with Gasteiger partial charge in [0.1, 0.15) is 17.4 Å². The molecule has 1 aliphatic rings. The zero-order valence-corrected chi connectivity index (χ0v) is 12.9. The first-order valence-electron chi connectivity index (χ1n) is 6.34. The highest BCUT2D eigenvalue weighted by Crippen LogP contribution is 2.35. The number of amides is 1. The Balaban J connectivity index is 2.54. The largest absolute Gasteiger partial charge is 0.497 e. The number of carbonyl (C=O) groups excluding carboxylic acids is 1. The average Bonchev–Trinajstić information content (AvgIpc) is 2.45. The third-order valence-electron chi connectivity index (χ3n) is 3.42. The number of ether oxygens (including phenoxy) is 2. The number of carbonyl (C=O) groups is 1. The maximum atomic E-state index is 11.8. The van der Waals surface area contributed by atoms with Gasteiger partial charge in [-0.3, -0.25) is 4.79 Å². The lowest BCUT2D eigenvalue weighted by molar-refractivity contribution is -0.120. The van der Waals surface area contributed by atoms with Crippen LogP contribution in [0.2, 0.25) is 0 Å². The fourth-order valence-electron chi connectivity index (χ4n) is 2.43. The minimum absolute atomic E-state index is 0.319. The SMILES string of the molecule is COc1ccc(OC)c(C2NC(=S)N=C(C)C2C(N)=O)c1. The smallest absolute Gasteiger partial charge is 0.228 e. The molecule has 0 fully saturated rings. The molecule has 0 saturated heterocycles. The fraction of sp³-hybridized carbons (Fsp3) is 0.357. The Labute approximate surface area is 128 Å². The molecular formula is C14H17N3O3S. The van der Waals surface area contributed by atoms with E-state index in [4.69, 9.17) is 27.4 Å². The minimum atomic E-state index is -0.599. The molecular weight excluding hydrogens is 290 g/mol. The third kappa shape index (κ3) is 2.97. The molecule has 0 aliphatic carbocycles. The van der Waals surface area contributed by atoms with Crippen LogP contribution < -0.4 is 20.5 Å². The highest BCUT2D eigenvalue weighted by atomic mass is 32.1. The van der Waals surface area contributed by atoms with Crippen molar-refractivity contribution in [3.63, 3.8) is 0 Å². The van der Waals surface area contributed by atoms with E-state index in [1.165, 1.54) is 0 Å². The third-order valence-corrected chi connectivity index (χ3v) is 3.63. The van der Waals surface area contributed by atoms with Crippen molar-refractivity contribution >= 4 is 28.9 Å². The van der Waals surface area contributed by atoms with E-state index in [1.807, 2.05) is 0 Å². The van der Waals surface area contributed by atoms with Crippen molar-refractivity contribution in [2.75, 3.05) is 14.2 Å². The van der Waals surface area contributed by atoms with Crippen molar-refractivity contribution in [3.05, 3.63) is 23.8 Å². The van der Waals surface area contributed by atoms with Crippen LogP contribution in [0.5, 0.6) is 11.5 Å².